The van der Waals surface area contributed by atoms with Gasteiger partial charge in [-0.3, -0.25) is 4.90 Å². The fraction of sp³-hybridized carbons (Fsp3) is 0.304. The maximum absolute atomic E-state index is 13.4. The van der Waals surface area contributed by atoms with Crippen LogP contribution in [0.3, 0.4) is 0 Å². The number of aliphatic hydroxyl groups excluding tert-OH is 1. The van der Waals surface area contributed by atoms with E-state index in [0.717, 1.165) is 5.56 Å². The molecule has 1 fully saturated rings. The van der Waals surface area contributed by atoms with Crippen molar-refractivity contribution in [1.29, 1.82) is 0 Å². The summed E-state index contributed by atoms with van der Waals surface area (Å²) in [6.07, 6.45) is 1.80. The van der Waals surface area contributed by atoms with Gasteiger partial charge in [-0.2, -0.15) is 0 Å². The maximum atomic E-state index is 13.4. The lowest BCUT2D eigenvalue weighted by Gasteiger charge is -2.42. The number of benzene rings is 2. The number of aliphatic hydroxyl groups is 1. The lowest BCUT2D eigenvalue weighted by molar-refractivity contribution is -0.0592. The number of hydrogen-bond acceptors (Lipinski definition) is 4. The molecule has 0 bridgehead atoms. The van der Waals surface area contributed by atoms with Gasteiger partial charge in [0.1, 0.15) is 17.7 Å². The van der Waals surface area contributed by atoms with Crippen molar-refractivity contribution in [3.8, 4) is 0 Å². The van der Waals surface area contributed by atoms with Crippen LogP contribution in [-0.2, 0) is 4.74 Å². The van der Waals surface area contributed by atoms with Crippen LogP contribution in [-0.4, -0.2) is 45.1 Å². The van der Waals surface area contributed by atoms with Crippen LogP contribution in [0.2, 0.25) is 0 Å². The number of rotatable bonds is 2. The second kappa shape index (κ2) is 7.50. The molecule has 0 saturated carbocycles. The Labute approximate surface area is 175 Å². The predicted octanol–water partition coefficient (Wildman–Crippen LogP) is 4.08. The lowest BCUT2D eigenvalue weighted by atomic mass is 10.0. The summed E-state index contributed by atoms with van der Waals surface area (Å²) in [6.45, 7) is 5.32. The van der Waals surface area contributed by atoms with E-state index in [-0.39, 0.29) is 0 Å². The molecule has 30 heavy (non-hydrogen) atoms. The molecule has 3 atom stereocenters. The molecular formula is C23H25N3O4. The van der Waals surface area contributed by atoms with Gasteiger partial charge in [0.2, 0.25) is 0 Å². The van der Waals surface area contributed by atoms with Gasteiger partial charge < -0.3 is 9.84 Å². The number of urea groups is 1. The van der Waals surface area contributed by atoms with E-state index in [1.807, 2.05) is 42.5 Å². The summed E-state index contributed by atoms with van der Waals surface area (Å²) in [5.41, 5.74) is 0.645. The summed E-state index contributed by atoms with van der Waals surface area (Å²) < 4.78 is 5.62. The number of anilines is 1. The number of hydrazine groups is 1. The quantitative estimate of drug-likeness (QED) is 0.762. The van der Waals surface area contributed by atoms with Gasteiger partial charge in [0.15, 0.2) is 6.23 Å². The third-order valence-corrected chi connectivity index (χ3v) is 5.00. The molecule has 4 rings (SSSR count). The van der Waals surface area contributed by atoms with Crippen molar-refractivity contribution in [3.05, 3.63) is 78.4 Å². The van der Waals surface area contributed by atoms with Crippen LogP contribution in [0.5, 0.6) is 0 Å². The van der Waals surface area contributed by atoms with Gasteiger partial charge in [0.25, 0.3) is 0 Å². The van der Waals surface area contributed by atoms with Crippen LogP contribution in [0.1, 0.15) is 32.4 Å². The average molecular weight is 407 g/mol. The summed E-state index contributed by atoms with van der Waals surface area (Å²) in [5, 5.41) is 13.5. The van der Waals surface area contributed by atoms with Crippen LogP contribution < -0.4 is 4.90 Å². The first-order valence-electron chi connectivity index (χ1n) is 9.89. The normalized spacial score (nSPS) is 23.5. The number of amides is 3. The highest BCUT2D eigenvalue weighted by Crippen LogP contribution is 2.38. The van der Waals surface area contributed by atoms with Crippen LogP contribution in [0, 0.1) is 0 Å². The second-order valence-corrected chi connectivity index (χ2v) is 8.30. The van der Waals surface area contributed by atoms with Crippen molar-refractivity contribution in [3.63, 3.8) is 0 Å². The Morgan fingerprint density at radius 1 is 0.967 bits per heavy atom. The van der Waals surface area contributed by atoms with E-state index in [2.05, 4.69) is 0 Å². The number of carbonyl (C=O) groups excluding carboxylic acids is 2. The van der Waals surface area contributed by atoms with Gasteiger partial charge in [0, 0.05) is 5.69 Å². The molecule has 0 radical (unpaired) electrons. The molecule has 3 unspecified atom stereocenters. The monoisotopic (exact) mass is 407 g/mol. The van der Waals surface area contributed by atoms with Crippen LogP contribution in [0.15, 0.2) is 72.8 Å². The summed E-state index contributed by atoms with van der Waals surface area (Å²) in [4.78, 5) is 27.9. The van der Waals surface area contributed by atoms with E-state index in [1.54, 1.807) is 51.1 Å². The van der Waals surface area contributed by atoms with E-state index < -0.39 is 36.0 Å². The summed E-state index contributed by atoms with van der Waals surface area (Å²) >= 11 is 0. The third-order valence-electron chi connectivity index (χ3n) is 5.00. The molecule has 156 valence electrons. The number of ether oxygens (including phenoxy) is 1. The Morgan fingerprint density at radius 2 is 1.57 bits per heavy atom. The lowest BCUT2D eigenvalue weighted by Crippen LogP contribution is -2.56. The fourth-order valence-corrected chi connectivity index (χ4v) is 3.75. The van der Waals surface area contributed by atoms with Crippen molar-refractivity contribution < 1.29 is 19.4 Å². The Hall–Kier alpha value is -3.32. The molecule has 0 aromatic heterocycles. The van der Waals surface area contributed by atoms with Gasteiger partial charge in [-0.15, -0.1) is 0 Å². The first kappa shape index (κ1) is 20.0. The minimum absolute atomic E-state index is 0.491. The molecule has 0 aliphatic carbocycles. The molecule has 2 aromatic rings. The standard InChI is InChI=1S/C23H25N3O4/c1-23(2,3)30-22(29)26-18(16-10-6-4-7-11-16)14-15-19-20(27)24(21(28)25(19)26)17-12-8-5-9-13-17/h4-15,18-20,27H,1-3H3. The molecule has 3 amide bonds. The molecule has 7 heteroatoms. The molecule has 7 nitrogen and oxygen atoms in total. The average Bonchev–Trinajstić information content (AvgIpc) is 2.97. The highest BCUT2D eigenvalue weighted by Gasteiger charge is 2.52. The summed E-state index contributed by atoms with van der Waals surface area (Å²) in [5.74, 6) is 0. The van der Waals surface area contributed by atoms with Gasteiger partial charge in [-0.1, -0.05) is 60.7 Å². The van der Waals surface area contributed by atoms with E-state index in [1.165, 1.54) is 14.9 Å². The minimum atomic E-state index is -1.14. The SMILES string of the molecule is CC(C)(C)OC(=O)N1C(c2ccccc2)C=CC2C(O)N(c3ccccc3)C(=O)N21. The van der Waals surface area contributed by atoms with Gasteiger partial charge in [-0.05, 0) is 38.5 Å². The zero-order chi connectivity index (χ0) is 21.5. The highest BCUT2D eigenvalue weighted by atomic mass is 16.6. The third kappa shape index (κ3) is 3.52. The topological polar surface area (TPSA) is 73.3 Å². The molecule has 2 aliphatic heterocycles. The number of fused-ring (bicyclic) bond motifs is 1. The minimum Gasteiger partial charge on any atom is -0.442 e. The van der Waals surface area contributed by atoms with E-state index in [0.29, 0.717) is 5.69 Å². The number of nitrogens with zero attached hydrogens (tertiary/aromatic N) is 3. The number of carbonyl (C=O) groups is 2. The van der Waals surface area contributed by atoms with Crippen LogP contribution in [0.25, 0.3) is 0 Å². The molecule has 1 N–H and O–H groups in total. The van der Waals surface area contributed by atoms with Crippen molar-refractivity contribution in [2.75, 3.05) is 4.90 Å². The zero-order valence-electron chi connectivity index (χ0n) is 17.2. The summed E-state index contributed by atoms with van der Waals surface area (Å²) in [6, 6.07) is 16.6. The van der Waals surface area contributed by atoms with Crippen molar-refractivity contribution in [2.24, 2.45) is 0 Å². The maximum Gasteiger partial charge on any atom is 0.430 e. The Morgan fingerprint density at radius 3 is 2.17 bits per heavy atom. The smallest absolute Gasteiger partial charge is 0.430 e. The summed E-state index contributed by atoms with van der Waals surface area (Å²) in [7, 11) is 0. The first-order chi connectivity index (χ1) is 14.3. The van der Waals surface area contributed by atoms with Crippen molar-refractivity contribution >= 4 is 17.8 Å². The molecule has 1 saturated heterocycles. The van der Waals surface area contributed by atoms with E-state index >= 15 is 0 Å². The number of hydrogen-bond donors (Lipinski definition) is 1. The molecule has 2 heterocycles. The second-order valence-electron chi connectivity index (χ2n) is 8.30. The van der Waals surface area contributed by atoms with Crippen LogP contribution >= 0.6 is 0 Å². The van der Waals surface area contributed by atoms with Crippen molar-refractivity contribution in [1.82, 2.24) is 10.0 Å². The van der Waals surface area contributed by atoms with Crippen molar-refractivity contribution in [2.45, 2.75) is 44.7 Å². The van der Waals surface area contributed by atoms with E-state index in [4.69, 9.17) is 4.74 Å². The highest BCUT2D eigenvalue weighted by molar-refractivity contribution is 5.96. The molecule has 0 spiro atoms. The fourth-order valence-electron chi connectivity index (χ4n) is 3.75. The Kier molecular flexibility index (Phi) is 4.99. The molecular weight excluding hydrogens is 382 g/mol. The van der Waals surface area contributed by atoms with Gasteiger partial charge >= 0.3 is 12.1 Å². The molecule has 2 aromatic carbocycles. The zero-order valence-corrected chi connectivity index (χ0v) is 17.2. The number of para-hydroxylation sites is 1. The van der Waals surface area contributed by atoms with Gasteiger partial charge in [0.05, 0.1) is 0 Å². The largest absolute Gasteiger partial charge is 0.442 e. The van der Waals surface area contributed by atoms with Gasteiger partial charge in [-0.25, -0.2) is 19.6 Å². The first-order valence-corrected chi connectivity index (χ1v) is 9.89. The Balaban J connectivity index is 1.77. The predicted molar refractivity (Wildman–Crippen MR) is 112 cm³/mol. The van der Waals surface area contributed by atoms with E-state index in [9.17, 15) is 14.7 Å². The molecule has 2 aliphatic rings. The Bertz CT molecular complexity index is 955. The van der Waals surface area contributed by atoms with Crippen LogP contribution in [0.4, 0.5) is 15.3 Å².